The molecule has 48 heavy (non-hydrogen) atoms. The van der Waals surface area contributed by atoms with Gasteiger partial charge in [-0.05, 0) is 148 Å². The maximum Gasteiger partial charge on any atom is 0.311 e. The van der Waals surface area contributed by atoms with E-state index in [1.165, 1.54) is 59.9 Å². The minimum absolute atomic E-state index is 0.0135. The molecule has 0 N–H and O–H groups in total. The number of rotatable bonds is 2. The molecule has 4 nitrogen and oxygen atoms in total. The van der Waals surface area contributed by atoms with Crippen LogP contribution in [0, 0.1) is 52.3 Å². The first kappa shape index (κ1) is 32.7. The van der Waals surface area contributed by atoms with Gasteiger partial charge in [-0.25, -0.2) is 0 Å². The van der Waals surface area contributed by atoms with Crippen molar-refractivity contribution in [2.24, 2.45) is 45.3 Å². The van der Waals surface area contributed by atoms with Crippen LogP contribution in [-0.4, -0.2) is 25.3 Å². The molecule has 3 fully saturated rings. The van der Waals surface area contributed by atoms with Gasteiger partial charge in [0.2, 0.25) is 0 Å². The van der Waals surface area contributed by atoms with E-state index in [-0.39, 0.29) is 39.8 Å². The highest BCUT2D eigenvalue weighted by molar-refractivity contribution is 5.76. The molecular weight excluding hydrogens is 592 g/mol. The Kier molecular flexibility index (Phi) is 7.16. The summed E-state index contributed by atoms with van der Waals surface area (Å²) in [7, 11) is 1.57. The molecule has 3 saturated carbocycles. The zero-order valence-corrected chi connectivity index (χ0v) is 31.3. The van der Waals surface area contributed by atoms with Gasteiger partial charge in [0.05, 0.1) is 12.5 Å². The number of fused-ring (bicyclic) bond motifs is 10. The first-order valence-corrected chi connectivity index (χ1v) is 19.2. The summed E-state index contributed by atoms with van der Waals surface area (Å²) in [4.78, 5) is 13.1. The van der Waals surface area contributed by atoms with Crippen molar-refractivity contribution in [3.8, 4) is 11.5 Å². The van der Waals surface area contributed by atoms with Crippen LogP contribution in [0.15, 0.2) is 35.4 Å². The maximum absolute atomic E-state index is 13.1. The molecule has 260 valence electrons. The van der Waals surface area contributed by atoms with Crippen LogP contribution in [0.5, 0.6) is 11.5 Å². The van der Waals surface area contributed by atoms with E-state index < -0.39 is 5.41 Å². The summed E-state index contributed by atoms with van der Waals surface area (Å²) in [6.07, 6.45) is 17.4. The van der Waals surface area contributed by atoms with Gasteiger partial charge in [-0.2, -0.15) is 0 Å². The first-order valence-electron chi connectivity index (χ1n) is 19.2. The predicted octanol–water partition coefficient (Wildman–Crippen LogP) is 10.7. The van der Waals surface area contributed by atoms with E-state index in [0.717, 1.165) is 50.0 Å². The van der Waals surface area contributed by atoms with Crippen molar-refractivity contribution in [2.45, 2.75) is 144 Å². The fourth-order valence-corrected chi connectivity index (χ4v) is 13.0. The smallest absolute Gasteiger partial charge is 0.311 e. The minimum atomic E-state index is -0.391. The molecule has 0 bridgehead atoms. The maximum atomic E-state index is 13.1. The minimum Gasteiger partial charge on any atom is -0.482 e. The first-order chi connectivity index (χ1) is 22.6. The Morgan fingerprint density at radius 1 is 0.938 bits per heavy atom. The fourth-order valence-electron chi connectivity index (χ4n) is 13.0. The highest BCUT2D eigenvalue weighted by Gasteiger charge is 2.68. The Morgan fingerprint density at radius 2 is 1.67 bits per heavy atom. The van der Waals surface area contributed by atoms with Gasteiger partial charge in [0.25, 0.3) is 0 Å². The quantitative estimate of drug-likeness (QED) is 0.236. The van der Waals surface area contributed by atoms with E-state index in [9.17, 15) is 4.79 Å². The molecule has 0 saturated heterocycles. The molecule has 11 atom stereocenters. The van der Waals surface area contributed by atoms with E-state index in [4.69, 9.17) is 14.2 Å². The van der Waals surface area contributed by atoms with E-state index in [1.807, 2.05) is 0 Å². The van der Waals surface area contributed by atoms with Crippen LogP contribution in [0.25, 0.3) is 6.08 Å². The molecule has 4 heteroatoms. The Morgan fingerprint density at radius 3 is 2.40 bits per heavy atom. The molecule has 8 rings (SSSR count). The third kappa shape index (κ3) is 4.22. The molecule has 0 amide bonds. The lowest BCUT2D eigenvalue weighted by Crippen LogP contribution is -2.65. The molecule has 0 spiro atoms. The summed E-state index contributed by atoms with van der Waals surface area (Å²) in [5.41, 5.74) is 8.60. The third-order valence-electron chi connectivity index (χ3n) is 16.6. The van der Waals surface area contributed by atoms with Gasteiger partial charge >= 0.3 is 5.97 Å². The van der Waals surface area contributed by atoms with Crippen molar-refractivity contribution < 1.29 is 19.0 Å². The second-order valence-electron chi connectivity index (χ2n) is 19.0. The standard InChI is InChI=1S/C44H60O4/c1-25(2)28-12-11-26(3)30-22-33-38(31(30)21-28)48-37-27(4)29-13-14-35-42(7,32(29)23-34(37)47-33)18-20-44(9)36-24-41(6,39(45)46-10)16-15-40(36,5)17-19-43(35,44)8/h13-14,23,26,28,33,35-36,38H,1,11-12,15-22,24H2,2-10H3. The van der Waals surface area contributed by atoms with Crippen molar-refractivity contribution >= 4 is 12.0 Å². The number of carbonyl (C=O) groups excluding carboxylic acids is 1. The second-order valence-corrected chi connectivity index (χ2v) is 19.0. The van der Waals surface area contributed by atoms with Gasteiger partial charge in [-0.3, -0.25) is 4.79 Å². The normalized spacial score (nSPS) is 45.4. The molecule has 1 heterocycles. The summed E-state index contributed by atoms with van der Waals surface area (Å²) in [5.74, 6) is 3.93. The monoisotopic (exact) mass is 652 g/mol. The molecule has 1 aromatic carbocycles. The SMILES string of the molecule is C=C(C)C1CCC(C)C2=C(C1)C1Oc3c(cc4c(c3C)C=CC3C4(C)CCC4(C)C5CC(C)(C(=O)OC)CCC5(C)CCC34C)OC1C2. The molecule has 0 aromatic heterocycles. The summed E-state index contributed by atoms with van der Waals surface area (Å²) in [6.45, 7) is 23.7. The molecule has 1 aromatic rings. The number of benzene rings is 1. The zero-order valence-electron chi connectivity index (χ0n) is 31.3. The van der Waals surface area contributed by atoms with Crippen LogP contribution in [0.4, 0.5) is 0 Å². The average molecular weight is 653 g/mol. The Bertz CT molecular complexity index is 1650. The van der Waals surface area contributed by atoms with Crippen LogP contribution in [-0.2, 0) is 14.9 Å². The van der Waals surface area contributed by atoms with Crippen LogP contribution in [0.1, 0.15) is 136 Å². The molecular formula is C44H60O4. The Labute approximate surface area is 290 Å². The number of ether oxygens (including phenoxy) is 3. The highest BCUT2D eigenvalue weighted by Crippen LogP contribution is 2.75. The van der Waals surface area contributed by atoms with Crippen molar-refractivity contribution in [2.75, 3.05) is 7.11 Å². The van der Waals surface area contributed by atoms with Gasteiger partial charge in [0, 0.05) is 17.4 Å². The average Bonchev–Trinajstić information content (AvgIpc) is 3.31. The van der Waals surface area contributed by atoms with Gasteiger partial charge in [-0.15, -0.1) is 0 Å². The van der Waals surface area contributed by atoms with Crippen LogP contribution in [0.3, 0.4) is 0 Å². The van der Waals surface area contributed by atoms with Gasteiger partial charge in [0.15, 0.2) is 17.6 Å². The summed E-state index contributed by atoms with van der Waals surface area (Å²) in [6, 6.07) is 2.40. The topological polar surface area (TPSA) is 44.8 Å². The molecule has 7 aliphatic rings. The fraction of sp³-hybridized carbons (Fsp3) is 0.705. The molecule has 6 aliphatic carbocycles. The lowest BCUT2D eigenvalue weighted by molar-refractivity contribution is -0.205. The molecule has 1 aliphatic heterocycles. The summed E-state index contributed by atoms with van der Waals surface area (Å²) >= 11 is 0. The Balaban J connectivity index is 1.14. The van der Waals surface area contributed by atoms with Crippen molar-refractivity contribution in [3.63, 3.8) is 0 Å². The number of hydrogen-bond donors (Lipinski definition) is 0. The van der Waals surface area contributed by atoms with Crippen LogP contribution >= 0.6 is 0 Å². The third-order valence-corrected chi connectivity index (χ3v) is 16.6. The van der Waals surface area contributed by atoms with Crippen molar-refractivity contribution in [1.29, 1.82) is 0 Å². The summed E-state index contributed by atoms with van der Waals surface area (Å²) in [5, 5.41) is 0. The van der Waals surface area contributed by atoms with Gasteiger partial charge in [0.1, 0.15) is 6.10 Å². The molecule has 11 unspecified atom stereocenters. The summed E-state index contributed by atoms with van der Waals surface area (Å²) < 4.78 is 19.5. The predicted molar refractivity (Wildman–Crippen MR) is 193 cm³/mol. The number of methoxy groups -OCH3 is 1. The number of allylic oxidation sites excluding steroid dienone is 2. The highest BCUT2D eigenvalue weighted by atomic mass is 16.6. The van der Waals surface area contributed by atoms with Crippen LogP contribution < -0.4 is 9.47 Å². The largest absolute Gasteiger partial charge is 0.482 e. The Hall–Kier alpha value is -2.49. The van der Waals surface area contributed by atoms with Crippen LogP contribution in [0.2, 0.25) is 0 Å². The van der Waals surface area contributed by atoms with Crippen molar-refractivity contribution in [1.82, 2.24) is 0 Å². The van der Waals surface area contributed by atoms with Gasteiger partial charge < -0.3 is 14.2 Å². The van der Waals surface area contributed by atoms with E-state index >= 15 is 0 Å². The van der Waals surface area contributed by atoms with E-state index in [0.29, 0.717) is 23.7 Å². The van der Waals surface area contributed by atoms with E-state index in [1.54, 1.807) is 12.7 Å². The zero-order chi connectivity index (χ0) is 34.2. The number of hydrogen-bond acceptors (Lipinski definition) is 4. The number of carbonyl (C=O) groups is 1. The number of esters is 1. The lowest BCUT2D eigenvalue weighted by atomic mass is 9.33. The molecule has 0 radical (unpaired) electrons. The van der Waals surface area contributed by atoms with Gasteiger partial charge in [-0.1, -0.05) is 64.5 Å². The van der Waals surface area contributed by atoms with Crippen molar-refractivity contribution in [3.05, 3.63) is 52.1 Å². The van der Waals surface area contributed by atoms with E-state index in [2.05, 4.69) is 80.2 Å². The lowest BCUT2D eigenvalue weighted by Gasteiger charge is -2.71. The second kappa shape index (κ2) is 10.5.